The van der Waals surface area contributed by atoms with E-state index in [0.717, 1.165) is 39.3 Å². The van der Waals surface area contributed by atoms with E-state index in [1.54, 1.807) is 0 Å². The summed E-state index contributed by atoms with van der Waals surface area (Å²) in [4.78, 5) is 13.0. The number of nitrogens with zero attached hydrogens (tertiary/aromatic N) is 3. The first-order valence-corrected chi connectivity index (χ1v) is 11.6. The summed E-state index contributed by atoms with van der Waals surface area (Å²) < 4.78 is 5.99. The number of benzene rings is 4. The van der Waals surface area contributed by atoms with Crippen LogP contribution in [-0.2, 0) is 6.61 Å². The Morgan fingerprint density at radius 2 is 1.64 bits per heavy atom. The lowest BCUT2D eigenvalue weighted by molar-refractivity contribution is 0.102. The lowest BCUT2D eigenvalue weighted by Gasteiger charge is -2.12. The average molecular weight is 476 g/mol. The Balaban J connectivity index is 1.25. The highest BCUT2D eigenvalue weighted by atomic mass is 16.5. The number of rotatable bonds is 7. The van der Waals surface area contributed by atoms with E-state index in [0.29, 0.717) is 18.0 Å². The van der Waals surface area contributed by atoms with Crippen molar-refractivity contribution in [2.75, 3.05) is 5.32 Å². The molecule has 0 fully saturated rings. The van der Waals surface area contributed by atoms with E-state index in [9.17, 15) is 4.79 Å². The number of hydrogen-bond acceptors (Lipinski definition) is 5. The summed E-state index contributed by atoms with van der Waals surface area (Å²) >= 11 is 0. The summed E-state index contributed by atoms with van der Waals surface area (Å²) in [5.74, 6) is 1.11. The predicted octanol–water partition coefficient (Wildman–Crippen LogP) is 5.98. The molecule has 0 spiro atoms. The standard InChI is InChI=1S/C29H25N5O2/c1-19-6-3-8-22(14-19)23-9-5-11-25(17-23)29(35)30-27-13-12-26(15-20(27)2)36-18-21-7-4-10-24(16-21)28-31-33-34-32-28/h3-17H,18H2,1-2H3,(H,30,35)(H,31,32,33,34). The summed E-state index contributed by atoms with van der Waals surface area (Å²) in [7, 11) is 0. The van der Waals surface area contributed by atoms with E-state index in [2.05, 4.69) is 45.0 Å². The fourth-order valence-electron chi connectivity index (χ4n) is 3.98. The number of nitrogens with one attached hydrogen (secondary N) is 2. The summed E-state index contributed by atoms with van der Waals surface area (Å²) in [6, 6.07) is 29.4. The van der Waals surface area contributed by atoms with Crippen LogP contribution in [0.25, 0.3) is 22.5 Å². The molecule has 0 saturated heterocycles. The number of aromatic amines is 1. The van der Waals surface area contributed by atoms with Gasteiger partial charge >= 0.3 is 0 Å². The van der Waals surface area contributed by atoms with Gasteiger partial charge in [0.05, 0.1) is 0 Å². The number of carbonyl (C=O) groups excluding carboxylic acids is 1. The Bertz CT molecular complexity index is 1510. The quantitative estimate of drug-likeness (QED) is 0.302. The summed E-state index contributed by atoms with van der Waals surface area (Å²) in [5, 5.41) is 17.1. The summed E-state index contributed by atoms with van der Waals surface area (Å²) in [6.45, 7) is 4.40. The molecule has 1 aromatic heterocycles. The van der Waals surface area contributed by atoms with Crippen LogP contribution in [0.1, 0.15) is 27.0 Å². The van der Waals surface area contributed by atoms with Crippen molar-refractivity contribution in [2.45, 2.75) is 20.5 Å². The molecule has 0 unspecified atom stereocenters. The Labute approximate surface area is 209 Å². The predicted molar refractivity (Wildman–Crippen MR) is 140 cm³/mol. The molecule has 4 aromatic carbocycles. The maximum absolute atomic E-state index is 13.0. The number of aryl methyl sites for hydroxylation is 2. The van der Waals surface area contributed by atoms with E-state index >= 15 is 0 Å². The van der Waals surface area contributed by atoms with Crippen molar-refractivity contribution in [3.8, 4) is 28.3 Å². The van der Waals surface area contributed by atoms with Crippen molar-refractivity contribution in [3.05, 3.63) is 113 Å². The second-order valence-electron chi connectivity index (χ2n) is 8.61. The molecule has 7 heteroatoms. The fourth-order valence-corrected chi connectivity index (χ4v) is 3.98. The van der Waals surface area contributed by atoms with Crippen molar-refractivity contribution < 1.29 is 9.53 Å². The summed E-state index contributed by atoms with van der Waals surface area (Å²) in [5.41, 5.74) is 7.39. The minimum Gasteiger partial charge on any atom is -0.489 e. The average Bonchev–Trinajstić information content (AvgIpc) is 3.44. The molecular weight excluding hydrogens is 450 g/mol. The zero-order valence-corrected chi connectivity index (χ0v) is 20.0. The van der Waals surface area contributed by atoms with Crippen LogP contribution in [0.5, 0.6) is 5.75 Å². The van der Waals surface area contributed by atoms with Gasteiger partial charge in [-0.2, -0.15) is 5.21 Å². The maximum atomic E-state index is 13.0. The Morgan fingerprint density at radius 1 is 0.861 bits per heavy atom. The highest BCUT2D eigenvalue weighted by Gasteiger charge is 2.11. The number of anilines is 1. The molecule has 7 nitrogen and oxygen atoms in total. The van der Waals surface area contributed by atoms with Crippen LogP contribution in [0.2, 0.25) is 0 Å². The molecule has 0 aliphatic heterocycles. The lowest BCUT2D eigenvalue weighted by Crippen LogP contribution is -2.12. The molecule has 0 aliphatic carbocycles. The topological polar surface area (TPSA) is 92.8 Å². The van der Waals surface area contributed by atoms with Crippen molar-refractivity contribution in [2.24, 2.45) is 0 Å². The molecule has 178 valence electrons. The van der Waals surface area contributed by atoms with E-state index in [1.165, 1.54) is 5.56 Å². The molecule has 0 bridgehead atoms. The van der Waals surface area contributed by atoms with E-state index in [4.69, 9.17) is 4.74 Å². The molecule has 5 aromatic rings. The third-order valence-electron chi connectivity index (χ3n) is 5.86. The number of aromatic nitrogens is 4. The molecule has 0 saturated carbocycles. The largest absolute Gasteiger partial charge is 0.489 e. The fraction of sp³-hybridized carbons (Fsp3) is 0.103. The van der Waals surface area contributed by atoms with Crippen LogP contribution in [0.15, 0.2) is 91.0 Å². The van der Waals surface area contributed by atoms with Crippen LogP contribution in [0.3, 0.4) is 0 Å². The number of amides is 1. The molecule has 36 heavy (non-hydrogen) atoms. The monoisotopic (exact) mass is 475 g/mol. The first-order valence-electron chi connectivity index (χ1n) is 11.6. The van der Waals surface area contributed by atoms with Gasteiger partial charge in [-0.3, -0.25) is 4.79 Å². The van der Waals surface area contributed by atoms with E-state index in [1.807, 2.05) is 85.8 Å². The van der Waals surface area contributed by atoms with Gasteiger partial charge in [-0.1, -0.05) is 60.2 Å². The van der Waals surface area contributed by atoms with Crippen LogP contribution in [0, 0.1) is 13.8 Å². The zero-order chi connectivity index (χ0) is 24.9. The van der Waals surface area contributed by atoms with Gasteiger partial charge in [-0.05, 0) is 77.7 Å². The molecule has 5 rings (SSSR count). The first kappa shape index (κ1) is 23.0. The number of tetrazole rings is 1. The van der Waals surface area contributed by atoms with Crippen LogP contribution < -0.4 is 10.1 Å². The smallest absolute Gasteiger partial charge is 0.255 e. The van der Waals surface area contributed by atoms with Crippen LogP contribution in [-0.4, -0.2) is 26.5 Å². The lowest BCUT2D eigenvalue weighted by atomic mass is 10.0. The van der Waals surface area contributed by atoms with Gasteiger partial charge in [0.15, 0.2) is 0 Å². The van der Waals surface area contributed by atoms with E-state index < -0.39 is 0 Å². The molecule has 1 heterocycles. The van der Waals surface area contributed by atoms with Gasteiger partial charge in [0.1, 0.15) is 12.4 Å². The van der Waals surface area contributed by atoms with Gasteiger partial charge in [-0.25, -0.2) is 0 Å². The van der Waals surface area contributed by atoms with Gasteiger partial charge in [0.25, 0.3) is 5.91 Å². The Kier molecular flexibility index (Phi) is 6.53. The first-order chi connectivity index (χ1) is 17.5. The van der Waals surface area contributed by atoms with E-state index in [-0.39, 0.29) is 5.91 Å². The van der Waals surface area contributed by atoms with Gasteiger partial charge in [0, 0.05) is 16.8 Å². The van der Waals surface area contributed by atoms with Gasteiger partial charge in [-0.15, -0.1) is 10.2 Å². The number of ether oxygens (including phenoxy) is 1. The molecular formula is C29H25N5O2. The Morgan fingerprint density at radius 3 is 2.42 bits per heavy atom. The number of H-pyrrole nitrogens is 1. The second-order valence-corrected chi connectivity index (χ2v) is 8.61. The van der Waals surface area contributed by atoms with Crippen molar-refractivity contribution in [1.82, 2.24) is 20.6 Å². The van der Waals surface area contributed by atoms with Crippen LogP contribution >= 0.6 is 0 Å². The minimum absolute atomic E-state index is 0.153. The molecule has 2 N–H and O–H groups in total. The molecule has 0 radical (unpaired) electrons. The Hall–Kier alpha value is -4.78. The van der Waals surface area contributed by atoms with Crippen LogP contribution in [0.4, 0.5) is 5.69 Å². The third kappa shape index (κ3) is 5.31. The maximum Gasteiger partial charge on any atom is 0.255 e. The summed E-state index contributed by atoms with van der Waals surface area (Å²) in [6.07, 6.45) is 0. The molecule has 0 atom stereocenters. The van der Waals surface area contributed by atoms with Gasteiger partial charge in [0.2, 0.25) is 5.82 Å². The second kappa shape index (κ2) is 10.2. The molecule has 0 aliphatic rings. The highest BCUT2D eigenvalue weighted by Crippen LogP contribution is 2.25. The number of hydrogen-bond donors (Lipinski definition) is 2. The molecule has 1 amide bonds. The third-order valence-corrected chi connectivity index (χ3v) is 5.86. The number of carbonyl (C=O) groups is 1. The van der Waals surface area contributed by atoms with Gasteiger partial charge < -0.3 is 10.1 Å². The zero-order valence-electron chi connectivity index (χ0n) is 20.0. The van der Waals surface area contributed by atoms with Crippen molar-refractivity contribution in [3.63, 3.8) is 0 Å². The highest BCUT2D eigenvalue weighted by molar-refractivity contribution is 6.05. The minimum atomic E-state index is -0.153. The normalized spacial score (nSPS) is 10.7. The van der Waals surface area contributed by atoms with Crippen molar-refractivity contribution in [1.29, 1.82) is 0 Å². The van der Waals surface area contributed by atoms with Crippen molar-refractivity contribution >= 4 is 11.6 Å². The SMILES string of the molecule is Cc1cccc(-c2cccc(C(=O)Nc3ccc(OCc4cccc(-c5nn[nH]n5)c4)cc3C)c2)c1.